The maximum Gasteiger partial charge on any atom is 0.276 e. The quantitative estimate of drug-likeness (QED) is 0.622. The average molecular weight is 427 g/mol. The highest BCUT2D eigenvalue weighted by Crippen LogP contribution is 2.21. The van der Waals surface area contributed by atoms with Crippen molar-refractivity contribution >= 4 is 34.3 Å². The Morgan fingerprint density at radius 2 is 2.03 bits per heavy atom. The number of nitrogens with zero attached hydrogens (tertiary/aromatic N) is 2. The highest BCUT2D eigenvalue weighted by molar-refractivity contribution is 6.30. The van der Waals surface area contributed by atoms with Crippen LogP contribution in [-0.4, -0.2) is 28.0 Å². The predicted octanol–water partition coefficient (Wildman–Crippen LogP) is 2.14. The number of halogens is 1. The molecule has 2 amide bonds. The van der Waals surface area contributed by atoms with E-state index >= 15 is 0 Å². The highest BCUT2D eigenvalue weighted by Gasteiger charge is 2.17. The summed E-state index contributed by atoms with van der Waals surface area (Å²) in [5, 5.41) is 1.04. The van der Waals surface area contributed by atoms with Crippen molar-refractivity contribution in [2.24, 2.45) is 0 Å². The lowest BCUT2D eigenvalue weighted by molar-refractivity contribution is -0.123. The van der Waals surface area contributed by atoms with E-state index in [4.69, 9.17) is 16.3 Å². The first-order valence-electron chi connectivity index (χ1n) is 9.44. The van der Waals surface area contributed by atoms with Gasteiger partial charge in [-0.05, 0) is 55.3 Å². The maximum absolute atomic E-state index is 12.5. The van der Waals surface area contributed by atoms with E-state index in [1.54, 1.807) is 34.9 Å². The Hall–Kier alpha value is -3.39. The summed E-state index contributed by atoms with van der Waals surface area (Å²) < 4.78 is 7.11. The molecule has 0 aliphatic carbocycles. The second kappa shape index (κ2) is 8.16. The molecule has 0 saturated carbocycles. The van der Waals surface area contributed by atoms with Gasteiger partial charge < -0.3 is 4.74 Å². The summed E-state index contributed by atoms with van der Waals surface area (Å²) in [4.78, 5) is 41.4. The van der Waals surface area contributed by atoms with Gasteiger partial charge >= 0.3 is 0 Å². The molecule has 0 spiro atoms. The summed E-state index contributed by atoms with van der Waals surface area (Å²) in [6, 6.07) is 9.72. The Balaban J connectivity index is 1.39. The molecule has 0 saturated heterocycles. The summed E-state index contributed by atoms with van der Waals surface area (Å²) in [5.74, 6) is 0.219. The van der Waals surface area contributed by atoms with Crippen molar-refractivity contribution in [1.82, 2.24) is 20.4 Å². The van der Waals surface area contributed by atoms with Crippen LogP contribution in [-0.2, 0) is 17.8 Å². The number of hydrogen-bond acceptors (Lipinski definition) is 5. The summed E-state index contributed by atoms with van der Waals surface area (Å²) >= 11 is 5.89. The van der Waals surface area contributed by atoms with Gasteiger partial charge in [-0.25, -0.2) is 4.98 Å². The van der Waals surface area contributed by atoms with Crippen molar-refractivity contribution in [2.75, 3.05) is 6.61 Å². The minimum absolute atomic E-state index is 0.0950. The van der Waals surface area contributed by atoms with Gasteiger partial charge in [0.15, 0.2) is 6.61 Å². The van der Waals surface area contributed by atoms with Crippen LogP contribution >= 0.6 is 11.6 Å². The zero-order chi connectivity index (χ0) is 21.3. The lowest BCUT2D eigenvalue weighted by Gasteiger charge is -2.11. The van der Waals surface area contributed by atoms with Crippen LogP contribution in [0.1, 0.15) is 28.2 Å². The van der Waals surface area contributed by atoms with E-state index in [2.05, 4.69) is 15.8 Å². The molecule has 0 bridgehead atoms. The summed E-state index contributed by atoms with van der Waals surface area (Å²) in [5.41, 5.74) is 6.10. The number of amides is 2. The van der Waals surface area contributed by atoms with Gasteiger partial charge in [-0.1, -0.05) is 11.6 Å². The third kappa shape index (κ3) is 3.99. The Labute approximate surface area is 176 Å². The molecule has 0 radical (unpaired) electrons. The molecule has 0 atom stereocenters. The average Bonchev–Trinajstić information content (AvgIpc) is 3.20. The van der Waals surface area contributed by atoms with E-state index in [1.807, 2.05) is 6.92 Å². The first kappa shape index (κ1) is 19.9. The second-order valence-electron chi connectivity index (χ2n) is 7.02. The third-order valence-corrected chi connectivity index (χ3v) is 5.12. The van der Waals surface area contributed by atoms with Crippen LogP contribution in [0.4, 0.5) is 0 Å². The van der Waals surface area contributed by atoms with Crippen LogP contribution in [0.3, 0.4) is 0 Å². The van der Waals surface area contributed by atoms with Gasteiger partial charge in [0.25, 0.3) is 17.4 Å². The first-order chi connectivity index (χ1) is 14.4. The Kier molecular flexibility index (Phi) is 5.41. The zero-order valence-electron chi connectivity index (χ0n) is 16.2. The smallest absolute Gasteiger partial charge is 0.276 e. The van der Waals surface area contributed by atoms with Crippen molar-refractivity contribution in [1.29, 1.82) is 0 Å². The number of ether oxygens (including phenoxy) is 1. The van der Waals surface area contributed by atoms with Gasteiger partial charge in [0.1, 0.15) is 11.6 Å². The number of aromatic nitrogens is 2. The molecule has 1 aliphatic rings. The fourth-order valence-corrected chi connectivity index (χ4v) is 3.60. The molecule has 30 heavy (non-hydrogen) atoms. The van der Waals surface area contributed by atoms with E-state index < -0.39 is 11.8 Å². The predicted molar refractivity (Wildman–Crippen MR) is 112 cm³/mol. The van der Waals surface area contributed by atoms with E-state index in [0.29, 0.717) is 28.2 Å². The lowest BCUT2D eigenvalue weighted by Crippen LogP contribution is -2.43. The monoisotopic (exact) mass is 426 g/mol. The highest BCUT2D eigenvalue weighted by atomic mass is 35.5. The van der Waals surface area contributed by atoms with Crippen molar-refractivity contribution in [2.45, 2.75) is 26.3 Å². The van der Waals surface area contributed by atoms with E-state index in [-0.39, 0.29) is 17.7 Å². The minimum Gasteiger partial charge on any atom is -0.483 e. The molecule has 9 heteroatoms. The number of carbonyl (C=O) groups excluding carboxylic acids is 2. The molecule has 0 fully saturated rings. The van der Waals surface area contributed by atoms with E-state index in [0.717, 1.165) is 24.2 Å². The molecule has 8 nitrogen and oxygen atoms in total. The van der Waals surface area contributed by atoms with Crippen LogP contribution in [0, 0.1) is 6.92 Å². The van der Waals surface area contributed by atoms with Crippen molar-refractivity contribution in [3.05, 3.63) is 68.7 Å². The summed E-state index contributed by atoms with van der Waals surface area (Å²) in [7, 11) is 0. The summed E-state index contributed by atoms with van der Waals surface area (Å²) in [6.07, 6.45) is 1.63. The molecule has 2 N–H and O–H groups in total. The number of fused-ring (bicyclic) bond motifs is 2. The minimum atomic E-state index is -0.521. The number of nitrogens with one attached hydrogen (secondary N) is 2. The Morgan fingerprint density at radius 1 is 1.20 bits per heavy atom. The molecule has 154 valence electrons. The topological polar surface area (TPSA) is 102 Å². The Morgan fingerprint density at radius 3 is 2.83 bits per heavy atom. The molecule has 2 aromatic carbocycles. The fraction of sp³-hybridized carbons (Fsp3) is 0.238. The molecular weight excluding hydrogens is 408 g/mol. The largest absolute Gasteiger partial charge is 0.483 e. The molecule has 1 aliphatic heterocycles. The standard InChI is InChI=1S/C21H19ClN4O4/c1-12-9-14(22)5-7-17(12)30-11-19(27)24-25-20(28)13-4-6-15-16(10-13)23-18-3-2-8-26(18)21(15)29/h4-7,9-10H,2-3,8,11H2,1H3,(H,24,27)(H,25,28). The van der Waals surface area contributed by atoms with Gasteiger partial charge in [0.05, 0.1) is 10.9 Å². The Bertz CT molecular complexity index is 1220. The normalized spacial score (nSPS) is 12.5. The van der Waals surface area contributed by atoms with Crippen molar-refractivity contribution in [3.8, 4) is 5.75 Å². The number of hydrogen-bond donors (Lipinski definition) is 2. The second-order valence-corrected chi connectivity index (χ2v) is 7.46. The van der Waals surface area contributed by atoms with Crippen molar-refractivity contribution < 1.29 is 14.3 Å². The van der Waals surface area contributed by atoms with Crippen LogP contribution < -0.4 is 21.1 Å². The van der Waals surface area contributed by atoms with Gasteiger partial charge in [0.2, 0.25) is 0 Å². The first-order valence-corrected chi connectivity index (χ1v) is 9.82. The molecule has 0 unspecified atom stereocenters. The fourth-order valence-electron chi connectivity index (χ4n) is 3.38. The number of hydrazine groups is 1. The van der Waals surface area contributed by atoms with Gasteiger partial charge in [-0.3, -0.25) is 29.8 Å². The van der Waals surface area contributed by atoms with Crippen LogP contribution in [0.5, 0.6) is 5.75 Å². The van der Waals surface area contributed by atoms with Gasteiger partial charge in [-0.2, -0.15) is 0 Å². The van der Waals surface area contributed by atoms with Crippen LogP contribution in [0.15, 0.2) is 41.2 Å². The number of aryl methyl sites for hydroxylation is 2. The molecule has 1 aromatic heterocycles. The third-order valence-electron chi connectivity index (χ3n) is 4.89. The zero-order valence-corrected chi connectivity index (χ0v) is 17.0. The molecule has 3 aromatic rings. The van der Waals surface area contributed by atoms with E-state index in [9.17, 15) is 14.4 Å². The SMILES string of the molecule is Cc1cc(Cl)ccc1OCC(=O)NNC(=O)c1ccc2c(=O)n3c(nc2c1)CCC3. The molecular formula is C21H19ClN4O4. The number of benzene rings is 2. The number of carbonyl (C=O) groups is 2. The lowest BCUT2D eigenvalue weighted by atomic mass is 10.1. The van der Waals surface area contributed by atoms with Crippen LogP contribution in [0.25, 0.3) is 10.9 Å². The summed E-state index contributed by atoms with van der Waals surface area (Å²) in [6.45, 7) is 2.21. The molecule has 4 rings (SSSR count). The van der Waals surface area contributed by atoms with Crippen molar-refractivity contribution in [3.63, 3.8) is 0 Å². The number of rotatable bonds is 4. The van der Waals surface area contributed by atoms with Gasteiger partial charge in [0, 0.05) is 23.6 Å². The molecule has 2 heterocycles. The van der Waals surface area contributed by atoms with E-state index in [1.165, 1.54) is 6.07 Å². The maximum atomic E-state index is 12.5. The van der Waals surface area contributed by atoms with Crippen LogP contribution in [0.2, 0.25) is 5.02 Å². The van der Waals surface area contributed by atoms with Gasteiger partial charge in [-0.15, -0.1) is 0 Å².